The van der Waals surface area contributed by atoms with Gasteiger partial charge in [0, 0.05) is 26.1 Å². The van der Waals surface area contributed by atoms with E-state index < -0.39 is 10.2 Å². The standard InChI is InChI=1S/C22H30N4O3S/c27-30(28,25-14-5-2-6-15-25)26-17-22(12-13-22)16-19(26)21-23-20(24-29-21)11-7-10-18-8-3-1-4-9-18/h1,3-4,8-9,19H,2,5-7,10-17H2. The molecule has 0 radical (unpaired) electrons. The lowest BCUT2D eigenvalue weighted by molar-refractivity contribution is 0.260. The van der Waals surface area contributed by atoms with Crippen LogP contribution in [-0.2, 0) is 23.1 Å². The van der Waals surface area contributed by atoms with Gasteiger partial charge in [-0.15, -0.1) is 0 Å². The van der Waals surface area contributed by atoms with Gasteiger partial charge >= 0.3 is 0 Å². The van der Waals surface area contributed by atoms with Crippen LogP contribution in [0.25, 0.3) is 0 Å². The number of aryl methyl sites for hydroxylation is 2. The molecule has 162 valence electrons. The molecule has 1 unspecified atom stereocenters. The van der Waals surface area contributed by atoms with Gasteiger partial charge in [-0.25, -0.2) is 0 Å². The molecular formula is C22H30N4O3S. The number of piperidine rings is 1. The SMILES string of the molecule is O=S(=O)(N1CCCCC1)N1CC2(CC2)CC1c1nc(CCCc2ccccc2)no1. The molecule has 3 fully saturated rings. The highest BCUT2D eigenvalue weighted by molar-refractivity contribution is 7.86. The molecule has 2 aromatic rings. The summed E-state index contributed by atoms with van der Waals surface area (Å²) in [6.07, 6.45) is 8.60. The fourth-order valence-electron chi connectivity index (χ4n) is 4.85. The van der Waals surface area contributed by atoms with Crippen LogP contribution < -0.4 is 0 Å². The van der Waals surface area contributed by atoms with E-state index in [0.717, 1.165) is 57.8 Å². The van der Waals surface area contributed by atoms with E-state index in [4.69, 9.17) is 4.52 Å². The maximum atomic E-state index is 13.4. The Morgan fingerprint density at radius 1 is 1.07 bits per heavy atom. The first-order valence-corrected chi connectivity index (χ1v) is 12.6. The topological polar surface area (TPSA) is 79.5 Å². The monoisotopic (exact) mass is 430 g/mol. The Morgan fingerprint density at radius 2 is 1.83 bits per heavy atom. The minimum atomic E-state index is -3.49. The van der Waals surface area contributed by atoms with Crippen molar-refractivity contribution in [1.29, 1.82) is 0 Å². The summed E-state index contributed by atoms with van der Waals surface area (Å²) in [7, 11) is -3.49. The van der Waals surface area contributed by atoms with Crippen molar-refractivity contribution in [1.82, 2.24) is 18.8 Å². The third-order valence-corrected chi connectivity index (χ3v) is 8.83. The molecule has 1 aromatic carbocycles. The van der Waals surface area contributed by atoms with Crippen molar-refractivity contribution in [3.8, 4) is 0 Å². The predicted molar refractivity (Wildman–Crippen MR) is 113 cm³/mol. The minimum absolute atomic E-state index is 0.121. The van der Waals surface area contributed by atoms with Gasteiger partial charge in [0.05, 0.1) is 0 Å². The van der Waals surface area contributed by atoms with Crippen molar-refractivity contribution in [2.75, 3.05) is 19.6 Å². The molecule has 2 aliphatic heterocycles. The van der Waals surface area contributed by atoms with Gasteiger partial charge in [-0.3, -0.25) is 0 Å². The van der Waals surface area contributed by atoms with Crippen molar-refractivity contribution in [2.45, 2.75) is 63.8 Å². The lowest BCUT2D eigenvalue weighted by Crippen LogP contribution is -2.46. The van der Waals surface area contributed by atoms with E-state index in [1.54, 1.807) is 8.61 Å². The average Bonchev–Trinajstić information content (AvgIpc) is 3.18. The summed E-state index contributed by atoms with van der Waals surface area (Å²) in [4.78, 5) is 4.62. The zero-order chi connectivity index (χ0) is 20.6. The molecule has 1 saturated carbocycles. The number of hydrogen-bond acceptors (Lipinski definition) is 5. The van der Waals surface area contributed by atoms with Crippen LogP contribution in [0.4, 0.5) is 0 Å². The van der Waals surface area contributed by atoms with Crippen LogP contribution in [0, 0.1) is 5.41 Å². The number of nitrogens with zero attached hydrogens (tertiary/aromatic N) is 4. The molecule has 1 aromatic heterocycles. The van der Waals surface area contributed by atoms with Crippen LogP contribution >= 0.6 is 0 Å². The summed E-state index contributed by atoms with van der Waals surface area (Å²) in [5, 5.41) is 4.17. The highest BCUT2D eigenvalue weighted by Crippen LogP contribution is 2.59. The maximum Gasteiger partial charge on any atom is 0.282 e. The number of aromatic nitrogens is 2. The fraction of sp³-hybridized carbons (Fsp3) is 0.636. The van der Waals surface area contributed by atoms with Crippen LogP contribution in [0.15, 0.2) is 34.9 Å². The zero-order valence-corrected chi connectivity index (χ0v) is 18.2. The van der Waals surface area contributed by atoms with Gasteiger partial charge in [0.25, 0.3) is 10.2 Å². The van der Waals surface area contributed by atoms with Gasteiger partial charge in [0.2, 0.25) is 5.89 Å². The Kier molecular flexibility index (Phi) is 5.41. The van der Waals surface area contributed by atoms with E-state index in [-0.39, 0.29) is 11.5 Å². The molecule has 5 rings (SSSR count). The third kappa shape index (κ3) is 4.05. The molecule has 0 bridgehead atoms. The van der Waals surface area contributed by atoms with Crippen LogP contribution in [-0.4, -0.2) is 46.8 Å². The quantitative estimate of drug-likeness (QED) is 0.672. The third-order valence-electron chi connectivity index (χ3n) is 6.84. The van der Waals surface area contributed by atoms with Crippen molar-refractivity contribution < 1.29 is 12.9 Å². The molecule has 30 heavy (non-hydrogen) atoms. The Hall–Kier alpha value is -1.77. The highest BCUT2D eigenvalue weighted by atomic mass is 32.2. The second kappa shape index (κ2) is 8.05. The second-order valence-electron chi connectivity index (χ2n) is 9.12. The van der Waals surface area contributed by atoms with E-state index in [2.05, 4.69) is 22.3 Å². The Bertz CT molecular complexity index is 965. The molecule has 2 saturated heterocycles. The van der Waals surface area contributed by atoms with E-state index in [9.17, 15) is 8.42 Å². The van der Waals surface area contributed by atoms with E-state index in [1.165, 1.54) is 5.56 Å². The Balaban J connectivity index is 1.29. The lowest BCUT2D eigenvalue weighted by Gasteiger charge is -2.32. The lowest BCUT2D eigenvalue weighted by atomic mass is 10.0. The Labute approximate surface area is 178 Å². The largest absolute Gasteiger partial charge is 0.338 e. The van der Waals surface area contributed by atoms with Crippen LogP contribution in [0.3, 0.4) is 0 Å². The second-order valence-corrected chi connectivity index (χ2v) is 11.0. The molecule has 0 N–H and O–H groups in total. The van der Waals surface area contributed by atoms with E-state index >= 15 is 0 Å². The van der Waals surface area contributed by atoms with Crippen LogP contribution in [0.5, 0.6) is 0 Å². The van der Waals surface area contributed by atoms with Crippen molar-refractivity contribution in [3.63, 3.8) is 0 Å². The summed E-state index contributed by atoms with van der Waals surface area (Å²) < 4.78 is 35.7. The number of benzene rings is 1. The summed E-state index contributed by atoms with van der Waals surface area (Å²) in [6.45, 7) is 1.82. The summed E-state index contributed by atoms with van der Waals surface area (Å²) in [5.74, 6) is 1.14. The first kappa shape index (κ1) is 20.2. The predicted octanol–water partition coefficient (Wildman–Crippen LogP) is 3.50. The van der Waals surface area contributed by atoms with E-state index in [1.807, 2.05) is 18.2 Å². The molecule has 3 aliphatic rings. The molecule has 7 nitrogen and oxygen atoms in total. The molecule has 0 amide bonds. The number of hydrogen-bond donors (Lipinski definition) is 0. The number of rotatable bonds is 7. The maximum absolute atomic E-state index is 13.4. The molecule has 8 heteroatoms. The van der Waals surface area contributed by atoms with Gasteiger partial charge in [0.1, 0.15) is 6.04 Å². The van der Waals surface area contributed by atoms with Gasteiger partial charge in [-0.2, -0.15) is 22.0 Å². The Morgan fingerprint density at radius 3 is 2.57 bits per heavy atom. The molecule has 1 spiro atoms. The molecule has 3 heterocycles. The van der Waals surface area contributed by atoms with Gasteiger partial charge < -0.3 is 4.52 Å². The normalized spacial score (nSPS) is 24.5. The fourth-order valence-corrected chi connectivity index (χ4v) is 6.79. The van der Waals surface area contributed by atoms with Gasteiger partial charge in [-0.05, 0) is 55.9 Å². The molecule has 1 aliphatic carbocycles. The van der Waals surface area contributed by atoms with Gasteiger partial charge in [0.15, 0.2) is 5.82 Å². The van der Waals surface area contributed by atoms with E-state index in [0.29, 0.717) is 31.3 Å². The highest BCUT2D eigenvalue weighted by Gasteiger charge is 2.57. The first-order chi connectivity index (χ1) is 14.6. The summed E-state index contributed by atoms with van der Waals surface area (Å²) in [5.41, 5.74) is 1.42. The molecular weight excluding hydrogens is 400 g/mol. The minimum Gasteiger partial charge on any atom is -0.338 e. The summed E-state index contributed by atoms with van der Waals surface area (Å²) in [6, 6.07) is 10.0. The van der Waals surface area contributed by atoms with Gasteiger partial charge in [-0.1, -0.05) is 41.9 Å². The summed E-state index contributed by atoms with van der Waals surface area (Å²) >= 11 is 0. The smallest absolute Gasteiger partial charge is 0.282 e. The van der Waals surface area contributed by atoms with Crippen LogP contribution in [0.1, 0.15) is 68.3 Å². The van der Waals surface area contributed by atoms with Crippen LogP contribution in [0.2, 0.25) is 0 Å². The van der Waals surface area contributed by atoms with Crippen molar-refractivity contribution in [3.05, 3.63) is 47.6 Å². The van der Waals surface area contributed by atoms with Crippen molar-refractivity contribution >= 4 is 10.2 Å². The average molecular weight is 431 g/mol. The van der Waals surface area contributed by atoms with Crippen molar-refractivity contribution in [2.24, 2.45) is 5.41 Å². The zero-order valence-electron chi connectivity index (χ0n) is 17.4. The first-order valence-electron chi connectivity index (χ1n) is 11.2. The molecule has 1 atom stereocenters.